The summed E-state index contributed by atoms with van der Waals surface area (Å²) in [5.74, 6) is 1.34. The van der Waals surface area contributed by atoms with E-state index >= 15 is 0 Å². The zero-order valence-electron chi connectivity index (χ0n) is 19.7. The molecule has 3 rings (SSSR count). The van der Waals surface area contributed by atoms with E-state index in [0.717, 1.165) is 37.8 Å². The van der Waals surface area contributed by atoms with Gasteiger partial charge in [0, 0.05) is 26.1 Å². The summed E-state index contributed by atoms with van der Waals surface area (Å²) >= 11 is 0. The smallest absolute Gasteiger partial charge is 0.220 e. The lowest BCUT2D eigenvalue weighted by Crippen LogP contribution is -2.49. The zero-order valence-corrected chi connectivity index (χ0v) is 19.7. The van der Waals surface area contributed by atoms with Crippen molar-refractivity contribution in [3.63, 3.8) is 0 Å². The number of fused-ring (bicyclic) bond motifs is 1. The molecule has 0 spiro atoms. The average molecular weight is 449 g/mol. The number of methoxy groups -OCH3 is 1. The summed E-state index contributed by atoms with van der Waals surface area (Å²) < 4.78 is 16.7. The zero-order chi connectivity index (χ0) is 22.8. The van der Waals surface area contributed by atoms with Gasteiger partial charge in [0.1, 0.15) is 19.3 Å². The second kappa shape index (κ2) is 13.0. The number of carbonyl (C=O) groups excluding carboxylic acids is 1. The number of benzene rings is 1. The third-order valence-corrected chi connectivity index (χ3v) is 6.43. The first-order valence-electron chi connectivity index (χ1n) is 12.2. The molecule has 0 bridgehead atoms. The third kappa shape index (κ3) is 7.09. The van der Waals surface area contributed by atoms with E-state index in [-0.39, 0.29) is 5.91 Å². The minimum absolute atomic E-state index is 0.00517. The van der Waals surface area contributed by atoms with Crippen LogP contribution >= 0.6 is 0 Å². The highest BCUT2D eigenvalue weighted by Crippen LogP contribution is 2.34. The van der Waals surface area contributed by atoms with Crippen molar-refractivity contribution in [2.75, 3.05) is 40.0 Å². The molecule has 0 radical (unpaired) electrons. The summed E-state index contributed by atoms with van der Waals surface area (Å²) in [6.07, 6.45) is 7.36. The molecule has 1 saturated heterocycles. The van der Waals surface area contributed by atoms with Gasteiger partial charge in [0.05, 0.1) is 12.6 Å². The number of nitrogens with zero attached hydrogens (tertiary/aromatic N) is 1. The van der Waals surface area contributed by atoms with Crippen LogP contribution in [0.25, 0.3) is 0 Å². The Bertz CT molecular complexity index is 714. The first kappa shape index (κ1) is 24.8. The first-order valence-corrected chi connectivity index (χ1v) is 12.2. The molecule has 0 aliphatic carbocycles. The van der Waals surface area contributed by atoms with E-state index in [1.54, 1.807) is 7.11 Å². The third-order valence-electron chi connectivity index (χ3n) is 6.43. The van der Waals surface area contributed by atoms with E-state index in [0.29, 0.717) is 50.3 Å². The lowest BCUT2D eigenvalue weighted by atomic mass is 10.00. The summed E-state index contributed by atoms with van der Waals surface area (Å²) in [5, 5.41) is 14.4. The number of carbonyl (C=O) groups is 1. The van der Waals surface area contributed by atoms with E-state index in [9.17, 15) is 9.90 Å². The molecule has 1 aromatic carbocycles. The summed E-state index contributed by atoms with van der Waals surface area (Å²) in [4.78, 5) is 15.1. The normalized spacial score (nSPS) is 20.2. The van der Waals surface area contributed by atoms with Crippen LogP contribution in [0.1, 0.15) is 70.0 Å². The maximum atomic E-state index is 12.7. The summed E-state index contributed by atoms with van der Waals surface area (Å²) in [5.41, 5.74) is 0.727. The highest BCUT2D eigenvalue weighted by Gasteiger charge is 2.31. The summed E-state index contributed by atoms with van der Waals surface area (Å²) in [6.45, 7) is 5.42. The van der Waals surface area contributed by atoms with Crippen LogP contribution in [-0.2, 0) is 9.53 Å². The second-order valence-corrected chi connectivity index (χ2v) is 8.93. The maximum absolute atomic E-state index is 12.7. The Kier molecular flexibility index (Phi) is 10.1. The highest BCUT2D eigenvalue weighted by molar-refractivity contribution is 5.76. The predicted molar refractivity (Wildman–Crippen MR) is 124 cm³/mol. The molecule has 7 heteroatoms. The molecule has 2 heterocycles. The van der Waals surface area contributed by atoms with Crippen LogP contribution in [0.15, 0.2) is 18.2 Å². The molecule has 2 aliphatic heterocycles. The molecule has 1 aromatic rings. The van der Waals surface area contributed by atoms with Crippen LogP contribution in [0.3, 0.4) is 0 Å². The lowest BCUT2D eigenvalue weighted by Gasteiger charge is -2.32. The van der Waals surface area contributed by atoms with Gasteiger partial charge in [-0.05, 0) is 43.5 Å². The number of rotatable bonds is 13. The Hall–Kier alpha value is -1.83. The molecular formula is C25H40N2O5. The van der Waals surface area contributed by atoms with Gasteiger partial charge in [-0.1, -0.05) is 38.7 Å². The molecule has 1 unspecified atom stereocenters. The van der Waals surface area contributed by atoms with Crippen molar-refractivity contribution in [1.29, 1.82) is 0 Å². The first-order chi connectivity index (χ1) is 15.6. The molecule has 0 saturated carbocycles. The van der Waals surface area contributed by atoms with E-state index in [4.69, 9.17) is 14.2 Å². The quantitative estimate of drug-likeness (QED) is 0.450. The van der Waals surface area contributed by atoms with Crippen LogP contribution in [0.4, 0.5) is 0 Å². The van der Waals surface area contributed by atoms with Crippen molar-refractivity contribution in [2.24, 2.45) is 0 Å². The van der Waals surface area contributed by atoms with Gasteiger partial charge in [-0.3, -0.25) is 9.69 Å². The van der Waals surface area contributed by atoms with Crippen LogP contribution in [0.5, 0.6) is 11.5 Å². The largest absolute Gasteiger partial charge is 0.486 e. The lowest BCUT2D eigenvalue weighted by molar-refractivity contribution is -0.123. The number of amides is 1. The number of hydrogen-bond acceptors (Lipinski definition) is 6. The fraction of sp³-hybridized carbons (Fsp3) is 0.720. The molecule has 1 amide bonds. The molecule has 0 aromatic heterocycles. The SMILES string of the molecule is CCCCCCCC(=O)N[C@H](CN1CCC[C@@H]1COC)C(O)c1ccc2c(c1)OCCO2. The Balaban J connectivity index is 1.67. The number of unbranched alkanes of at least 4 members (excludes halogenated alkanes) is 4. The number of aliphatic hydroxyl groups is 1. The number of ether oxygens (including phenoxy) is 3. The maximum Gasteiger partial charge on any atom is 0.220 e. The van der Waals surface area contributed by atoms with Crippen molar-refractivity contribution in [3.05, 3.63) is 23.8 Å². The predicted octanol–water partition coefficient (Wildman–Crippen LogP) is 3.45. The Morgan fingerprint density at radius 1 is 1.22 bits per heavy atom. The van der Waals surface area contributed by atoms with Crippen molar-refractivity contribution >= 4 is 5.91 Å². The molecule has 2 aliphatic rings. The van der Waals surface area contributed by atoms with Crippen molar-refractivity contribution in [2.45, 2.75) is 76.5 Å². The van der Waals surface area contributed by atoms with Gasteiger partial charge < -0.3 is 24.6 Å². The fourth-order valence-corrected chi connectivity index (χ4v) is 4.64. The van der Waals surface area contributed by atoms with Crippen LogP contribution in [0.2, 0.25) is 0 Å². The Labute approximate surface area is 192 Å². The molecule has 32 heavy (non-hydrogen) atoms. The van der Waals surface area contributed by atoms with Gasteiger partial charge in [0.2, 0.25) is 5.91 Å². The van der Waals surface area contributed by atoms with Crippen molar-refractivity contribution in [1.82, 2.24) is 10.2 Å². The minimum Gasteiger partial charge on any atom is -0.486 e. The van der Waals surface area contributed by atoms with Crippen LogP contribution < -0.4 is 14.8 Å². The molecule has 1 fully saturated rings. The Morgan fingerprint density at radius 3 is 2.78 bits per heavy atom. The average Bonchev–Trinajstić information content (AvgIpc) is 3.24. The molecular weight excluding hydrogens is 408 g/mol. The van der Waals surface area contributed by atoms with Gasteiger partial charge in [0.25, 0.3) is 0 Å². The van der Waals surface area contributed by atoms with E-state index in [1.807, 2.05) is 18.2 Å². The van der Waals surface area contributed by atoms with Gasteiger partial charge in [-0.15, -0.1) is 0 Å². The number of likely N-dealkylation sites (tertiary alicyclic amines) is 1. The monoisotopic (exact) mass is 448 g/mol. The molecule has 2 N–H and O–H groups in total. The van der Waals surface area contributed by atoms with Crippen molar-refractivity contribution < 1.29 is 24.1 Å². The fourth-order valence-electron chi connectivity index (χ4n) is 4.64. The van der Waals surface area contributed by atoms with Gasteiger partial charge >= 0.3 is 0 Å². The van der Waals surface area contributed by atoms with E-state index in [1.165, 1.54) is 19.3 Å². The topological polar surface area (TPSA) is 80.3 Å². The van der Waals surface area contributed by atoms with Gasteiger partial charge in [0.15, 0.2) is 11.5 Å². The molecule has 180 valence electrons. The van der Waals surface area contributed by atoms with Gasteiger partial charge in [-0.25, -0.2) is 0 Å². The van der Waals surface area contributed by atoms with E-state index < -0.39 is 12.1 Å². The summed E-state index contributed by atoms with van der Waals surface area (Å²) in [6, 6.07) is 5.45. The highest BCUT2D eigenvalue weighted by atomic mass is 16.6. The van der Waals surface area contributed by atoms with Crippen LogP contribution in [-0.4, -0.2) is 68.0 Å². The minimum atomic E-state index is -0.835. The van der Waals surface area contributed by atoms with Gasteiger partial charge in [-0.2, -0.15) is 0 Å². The van der Waals surface area contributed by atoms with E-state index in [2.05, 4.69) is 17.1 Å². The molecule has 7 nitrogen and oxygen atoms in total. The number of nitrogens with one attached hydrogen (secondary N) is 1. The standard InChI is InChI=1S/C25H40N2O5/c1-3-4-5-6-7-10-24(28)26-21(17-27-13-8-9-20(27)18-30-2)25(29)19-11-12-22-23(16-19)32-15-14-31-22/h11-12,16,20-21,25,29H,3-10,13-15,17-18H2,1-2H3,(H,26,28)/t20-,21-,25?/m1/s1. The number of aliphatic hydroxyl groups excluding tert-OH is 1. The molecule has 3 atom stereocenters. The number of hydrogen-bond donors (Lipinski definition) is 2. The second-order valence-electron chi connectivity index (χ2n) is 8.93. The van der Waals surface area contributed by atoms with Crippen molar-refractivity contribution in [3.8, 4) is 11.5 Å². The van der Waals surface area contributed by atoms with Crippen LogP contribution in [0, 0.1) is 0 Å². The Morgan fingerprint density at radius 2 is 2.00 bits per heavy atom. The summed E-state index contributed by atoms with van der Waals surface area (Å²) in [7, 11) is 1.72.